The van der Waals surface area contributed by atoms with Crippen LogP contribution in [0.4, 0.5) is 0 Å². The van der Waals surface area contributed by atoms with Gasteiger partial charge in [0.2, 0.25) is 11.7 Å². The first-order valence-electron chi connectivity index (χ1n) is 17.8. The van der Waals surface area contributed by atoms with E-state index in [1.807, 2.05) is 0 Å². The molecule has 4 heterocycles. The van der Waals surface area contributed by atoms with Crippen LogP contribution in [-0.4, -0.2) is 215 Å². The molecule has 0 aliphatic carbocycles. The first-order valence-corrected chi connectivity index (χ1v) is 17.8. The van der Waals surface area contributed by atoms with Gasteiger partial charge in [-0.3, -0.25) is 4.79 Å². The Kier molecular flexibility index (Phi) is 15.4. The summed E-state index contributed by atoms with van der Waals surface area (Å²) in [7, 11) is 0. The topological polar surface area (TPSA) is 363 Å². The smallest absolute Gasteiger partial charge is 0.364 e. The maximum atomic E-state index is 12.8. The molecule has 0 radical (unpaired) electrons. The van der Waals surface area contributed by atoms with E-state index in [9.17, 15) is 70.9 Å². The average Bonchev–Trinajstić information content (AvgIpc) is 3.12. The zero-order chi connectivity index (χ0) is 41.3. The van der Waals surface area contributed by atoms with Crippen LogP contribution in [0.5, 0.6) is 0 Å². The number of aliphatic hydroxyl groups is 11. The molecule has 23 nitrogen and oxygen atoms in total. The monoisotopic (exact) mass is 805 g/mol. The number of carbonyl (C=O) groups is 2. The second kappa shape index (κ2) is 18.4. The minimum Gasteiger partial charge on any atom is -0.477 e. The second-order valence-corrected chi connectivity index (χ2v) is 14.5. The molecule has 6 unspecified atom stereocenters. The molecule has 0 saturated carbocycles. The lowest BCUT2D eigenvalue weighted by Gasteiger charge is -2.53. The van der Waals surface area contributed by atoms with E-state index in [1.165, 1.54) is 13.8 Å². The summed E-state index contributed by atoms with van der Waals surface area (Å²) in [6, 6.07) is -1.42. The number of hydrogen-bond acceptors (Lipinski definition) is 21. The van der Waals surface area contributed by atoms with Gasteiger partial charge in [0.05, 0.1) is 38.1 Å². The number of amides is 1. The highest BCUT2D eigenvalue weighted by Crippen LogP contribution is 2.44. The van der Waals surface area contributed by atoms with Gasteiger partial charge in [0.15, 0.2) is 18.9 Å². The molecule has 0 bridgehead atoms. The molecule has 20 atom stereocenters. The van der Waals surface area contributed by atoms with Gasteiger partial charge in [0.1, 0.15) is 73.2 Å². The molecular weight excluding hydrogens is 750 g/mol. The first-order chi connectivity index (χ1) is 25.7. The molecule has 1 amide bonds. The van der Waals surface area contributed by atoms with Crippen molar-refractivity contribution in [3.63, 3.8) is 0 Å². The largest absolute Gasteiger partial charge is 0.477 e. The Balaban J connectivity index is 1.76. The Morgan fingerprint density at radius 3 is 1.93 bits per heavy atom. The van der Waals surface area contributed by atoms with E-state index in [4.69, 9.17) is 37.9 Å². The predicted octanol–water partition coefficient (Wildman–Crippen LogP) is -6.70. The minimum atomic E-state index is -3.14. The van der Waals surface area contributed by atoms with Crippen molar-refractivity contribution in [2.45, 2.75) is 163 Å². The van der Waals surface area contributed by atoms with E-state index in [1.54, 1.807) is 13.8 Å². The van der Waals surface area contributed by atoms with Crippen molar-refractivity contribution < 1.29 is 109 Å². The molecule has 13 N–H and O–H groups in total. The highest BCUT2D eigenvalue weighted by Gasteiger charge is 2.63. The summed E-state index contributed by atoms with van der Waals surface area (Å²) in [5, 5.41) is 130. The van der Waals surface area contributed by atoms with Crippen molar-refractivity contribution in [1.29, 1.82) is 0 Å². The molecule has 0 aromatic carbocycles. The zero-order valence-corrected chi connectivity index (χ0v) is 30.7. The van der Waals surface area contributed by atoms with Crippen molar-refractivity contribution in [1.82, 2.24) is 5.32 Å². The number of aliphatic carboxylic acids is 1. The van der Waals surface area contributed by atoms with Crippen LogP contribution in [0.3, 0.4) is 0 Å². The molecule has 23 heteroatoms. The van der Waals surface area contributed by atoms with Crippen molar-refractivity contribution in [2.24, 2.45) is 5.92 Å². The van der Waals surface area contributed by atoms with Gasteiger partial charge in [-0.2, -0.15) is 0 Å². The summed E-state index contributed by atoms with van der Waals surface area (Å²) in [5.41, 5.74) is 0. The van der Waals surface area contributed by atoms with E-state index in [-0.39, 0.29) is 0 Å². The molecule has 4 saturated heterocycles. The van der Waals surface area contributed by atoms with Crippen molar-refractivity contribution in [3.05, 3.63) is 0 Å². The molecule has 4 aliphatic heterocycles. The second-order valence-electron chi connectivity index (χ2n) is 14.5. The molecule has 4 aliphatic rings. The molecule has 320 valence electrons. The number of ether oxygens (including phenoxy) is 8. The van der Waals surface area contributed by atoms with Gasteiger partial charge in [0.25, 0.3) is 5.79 Å². The predicted molar refractivity (Wildman–Crippen MR) is 174 cm³/mol. The van der Waals surface area contributed by atoms with Gasteiger partial charge in [-0.25, -0.2) is 4.79 Å². The molecular formula is C32H55NO22. The Morgan fingerprint density at radius 2 is 1.38 bits per heavy atom. The van der Waals surface area contributed by atoms with Crippen LogP contribution in [0.15, 0.2) is 0 Å². The van der Waals surface area contributed by atoms with E-state index in [0.717, 1.165) is 6.92 Å². The molecule has 55 heavy (non-hydrogen) atoms. The van der Waals surface area contributed by atoms with E-state index in [0.29, 0.717) is 0 Å². The summed E-state index contributed by atoms with van der Waals surface area (Å²) in [4.78, 5) is 25.3. The van der Waals surface area contributed by atoms with E-state index < -0.39 is 166 Å². The van der Waals surface area contributed by atoms with Crippen LogP contribution in [0.2, 0.25) is 0 Å². The Labute approximate surface area is 314 Å². The van der Waals surface area contributed by atoms with Crippen molar-refractivity contribution in [2.75, 3.05) is 19.8 Å². The summed E-state index contributed by atoms with van der Waals surface area (Å²) in [5.74, 6) is -10.2. The average molecular weight is 806 g/mol. The lowest BCUT2D eigenvalue weighted by atomic mass is 9.83. The van der Waals surface area contributed by atoms with Crippen molar-refractivity contribution >= 4 is 11.9 Å². The summed E-state index contributed by atoms with van der Waals surface area (Å²) >= 11 is 0. The molecule has 0 aromatic heterocycles. The lowest BCUT2D eigenvalue weighted by molar-refractivity contribution is -0.434. The maximum Gasteiger partial charge on any atom is 0.364 e. The first kappa shape index (κ1) is 45.9. The SMILES string of the molecule is CC(=O)NC1[C@H](OC(C)C)OC(CO)[C@@H](O[C@@H]2O[C@@H](C)[C@@H](O)C(O)C2O)[C@@H]1O[C@@H]1O[C@@H](CO)[C@H](O)C(O[C@]2(C(=O)O)C[C@@H](O)[C@@H](C)[C@@](O)([C@H](O)CO)O2)C1O. The number of carbonyl (C=O) groups excluding carboxylic acids is 1. The number of nitrogens with one attached hydrogen (secondary N) is 1. The normalized spacial score (nSPS) is 47.3. The summed E-state index contributed by atoms with van der Waals surface area (Å²) in [6.07, 6.45) is -30.0. The fraction of sp³-hybridized carbons (Fsp3) is 0.938. The van der Waals surface area contributed by atoms with Gasteiger partial charge >= 0.3 is 5.97 Å². The van der Waals surface area contributed by atoms with Crippen LogP contribution >= 0.6 is 0 Å². The zero-order valence-electron chi connectivity index (χ0n) is 30.7. The standard InChI is InChI=1S/C32H55NO22/c1-10(2)48-27-18(33-13(5)37)25(24(16(8-35)51-27)52-28-22(43)21(42)19(40)12(4)49-28)53-29-23(44)26(20(41)15(7-34)50-29)54-31(30(45)46)6-14(38)11(3)32(47,55-31)17(39)9-36/h10-12,14-29,34-36,38-44,47H,6-9H2,1-5H3,(H,33,37)(H,45,46)/t11-,12+,14-,15+,16?,17-,18?,19-,20+,21?,22?,23?,24-,25-,26?,27-,28+,29+,31-,32+/m1/s1. The van der Waals surface area contributed by atoms with Crippen LogP contribution in [0.1, 0.15) is 41.0 Å². The van der Waals surface area contributed by atoms with Gasteiger partial charge in [-0.1, -0.05) is 6.92 Å². The van der Waals surface area contributed by atoms with Gasteiger partial charge in [-0.05, 0) is 20.8 Å². The summed E-state index contributed by atoms with van der Waals surface area (Å²) in [6.45, 7) is 3.92. The van der Waals surface area contributed by atoms with Crippen LogP contribution in [0.25, 0.3) is 0 Å². The molecule has 4 rings (SSSR count). The van der Waals surface area contributed by atoms with Crippen LogP contribution < -0.4 is 5.32 Å². The number of carboxylic acids is 1. The third-order valence-corrected chi connectivity index (χ3v) is 10.2. The van der Waals surface area contributed by atoms with Crippen LogP contribution in [-0.2, 0) is 47.5 Å². The van der Waals surface area contributed by atoms with Gasteiger partial charge < -0.3 is 104 Å². The molecule has 0 spiro atoms. The fourth-order valence-electron chi connectivity index (χ4n) is 6.99. The Morgan fingerprint density at radius 1 is 0.800 bits per heavy atom. The van der Waals surface area contributed by atoms with E-state index in [2.05, 4.69) is 5.32 Å². The van der Waals surface area contributed by atoms with E-state index >= 15 is 0 Å². The third-order valence-electron chi connectivity index (χ3n) is 10.2. The Bertz CT molecular complexity index is 1280. The fourth-order valence-corrected chi connectivity index (χ4v) is 6.99. The number of rotatable bonds is 14. The summed E-state index contributed by atoms with van der Waals surface area (Å²) < 4.78 is 46.3. The lowest BCUT2D eigenvalue weighted by Crippen LogP contribution is -2.71. The number of aliphatic hydroxyl groups excluding tert-OH is 10. The highest BCUT2D eigenvalue weighted by atomic mass is 16.8. The molecule has 0 aromatic rings. The Hall–Kier alpha value is -1.82. The molecule has 4 fully saturated rings. The van der Waals surface area contributed by atoms with Crippen LogP contribution in [0, 0.1) is 5.92 Å². The number of hydrogen-bond donors (Lipinski definition) is 13. The number of carboxylic acid groups (broad SMARTS) is 1. The third kappa shape index (κ3) is 9.41. The van der Waals surface area contributed by atoms with Gasteiger partial charge in [-0.15, -0.1) is 0 Å². The van der Waals surface area contributed by atoms with Gasteiger partial charge in [0, 0.05) is 19.3 Å². The van der Waals surface area contributed by atoms with Crippen molar-refractivity contribution in [3.8, 4) is 0 Å². The highest BCUT2D eigenvalue weighted by molar-refractivity contribution is 5.76. The maximum absolute atomic E-state index is 12.8. The quantitative estimate of drug-likeness (QED) is 0.0776. The minimum absolute atomic E-state index is 0.577.